The molecule has 0 radical (unpaired) electrons. The van der Waals surface area contributed by atoms with Crippen LogP contribution < -0.4 is 5.32 Å². The van der Waals surface area contributed by atoms with Crippen molar-refractivity contribution in [3.63, 3.8) is 0 Å². The van der Waals surface area contributed by atoms with Crippen molar-refractivity contribution < 1.29 is 8.78 Å². The highest BCUT2D eigenvalue weighted by Gasteiger charge is 2.24. The van der Waals surface area contributed by atoms with Gasteiger partial charge in [0.25, 0.3) is 5.92 Å². The zero-order valence-corrected chi connectivity index (χ0v) is 8.76. The SMILES string of the molecule is CC(F)(F)c1ccc([C@@H]2CCCN2)cc1. The zero-order valence-electron chi connectivity index (χ0n) is 8.76. The molecular formula is C12H15F2N. The number of alkyl halides is 2. The van der Waals surface area contributed by atoms with Crippen LogP contribution in [0.3, 0.4) is 0 Å². The number of nitrogens with one attached hydrogen (secondary N) is 1. The maximum Gasteiger partial charge on any atom is 0.270 e. The first kappa shape index (κ1) is 10.6. The molecule has 1 N–H and O–H groups in total. The summed E-state index contributed by atoms with van der Waals surface area (Å²) < 4.78 is 25.9. The predicted octanol–water partition coefficient (Wildman–Crippen LogP) is 3.22. The molecule has 0 unspecified atom stereocenters. The van der Waals surface area contributed by atoms with Gasteiger partial charge in [-0.3, -0.25) is 0 Å². The molecule has 1 aliphatic rings. The van der Waals surface area contributed by atoms with Crippen molar-refractivity contribution in [2.75, 3.05) is 6.54 Å². The van der Waals surface area contributed by atoms with E-state index in [1.54, 1.807) is 12.1 Å². The molecule has 0 aliphatic carbocycles. The lowest BCUT2D eigenvalue weighted by Gasteiger charge is -2.14. The van der Waals surface area contributed by atoms with E-state index in [9.17, 15) is 8.78 Å². The van der Waals surface area contributed by atoms with Gasteiger partial charge in [-0.25, -0.2) is 8.78 Å². The standard InChI is InChI=1S/C12H15F2N/c1-12(13,14)10-6-4-9(5-7-10)11-3-2-8-15-11/h4-7,11,15H,2-3,8H2,1H3/t11-/m0/s1. The largest absolute Gasteiger partial charge is 0.310 e. The average Bonchev–Trinajstić information content (AvgIpc) is 2.69. The van der Waals surface area contributed by atoms with E-state index in [4.69, 9.17) is 0 Å². The molecule has 1 aromatic carbocycles. The average molecular weight is 211 g/mol. The fourth-order valence-electron chi connectivity index (χ4n) is 1.98. The van der Waals surface area contributed by atoms with Crippen LogP contribution in [0.2, 0.25) is 0 Å². The van der Waals surface area contributed by atoms with Crippen LogP contribution in [0.25, 0.3) is 0 Å². The molecular weight excluding hydrogens is 196 g/mol. The molecule has 0 spiro atoms. The fraction of sp³-hybridized carbons (Fsp3) is 0.500. The smallest absolute Gasteiger partial charge is 0.270 e. The van der Waals surface area contributed by atoms with Crippen molar-refractivity contribution in [2.45, 2.75) is 31.7 Å². The maximum absolute atomic E-state index is 12.9. The lowest BCUT2D eigenvalue weighted by atomic mass is 10.0. The monoisotopic (exact) mass is 211 g/mol. The van der Waals surface area contributed by atoms with Gasteiger partial charge in [-0.05, 0) is 24.9 Å². The molecule has 2 rings (SSSR count). The minimum Gasteiger partial charge on any atom is -0.310 e. The van der Waals surface area contributed by atoms with Crippen molar-refractivity contribution in [3.05, 3.63) is 35.4 Å². The van der Waals surface area contributed by atoms with Crippen LogP contribution in [0.4, 0.5) is 8.78 Å². The summed E-state index contributed by atoms with van der Waals surface area (Å²) in [6.07, 6.45) is 2.26. The summed E-state index contributed by atoms with van der Waals surface area (Å²) in [5.74, 6) is -2.73. The summed E-state index contributed by atoms with van der Waals surface area (Å²) in [4.78, 5) is 0. The normalized spacial score (nSPS) is 21.9. The van der Waals surface area contributed by atoms with Crippen LogP contribution >= 0.6 is 0 Å². The second-order valence-electron chi connectivity index (χ2n) is 4.16. The van der Waals surface area contributed by atoms with Gasteiger partial charge in [-0.15, -0.1) is 0 Å². The second kappa shape index (κ2) is 3.89. The molecule has 15 heavy (non-hydrogen) atoms. The van der Waals surface area contributed by atoms with Gasteiger partial charge in [-0.2, -0.15) is 0 Å². The topological polar surface area (TPSA) is 12.0 Å². The molecule has 0 amide bonds. The summed E-state index contributed by atoms with van der Waals surface area (Å²) in [7, 11) is 0. The molecule has 1 aliphatic heterocycles. The molecule has 1 atom stereocenters. The Morgan fingerprint density at radius 1 is 1.27 bits per heavy atom. The summed E-state index contributed by atoms with van der Waals surface area (Å²) in [5.41, 5.74) is 1.20. The lowest BCUT2D eigenvalue weighted by Crippen LogP contribution is -2.13. The Morgan fingerprint density at radius 3 is 2.40 bits per heavy atom. The quantitative estimate of drug-likeness (QED) is 0.792. The van der Waals surface area contributed by atoms with Crippen LogP contribution in [-0.4, -0.2) is 6.54 Å². The van der Waals surface area contributed by atoms with Gasteiger partial charge in [0.1, 0.15) is 0 Å². The van der Waals surface area contributed by atoms with Gasteiger partial charge in [0.05, 0.1) is 0 Å². The van der Waals surface area contributed by atoms with Crippen molar-refractivity contribution in [1.29, 1.82) is 0 Å². The van der Waals surface area contributed by atoms with Crippen LogP contribution in [0.15, 0.2) is 24.3 Å². The van der Waals surface area contributed by atoms with E-state index in [0.29, 0.717) is 6.04 Å². The Balaban J connectivity index is 2.16. The Morgan fingerprint density at radius 2 is 1.93 bits per heavy atom. The summed E-state index contributed by atoms with van der Waals surface area (Å²) in [6, 6.07) is 7.00. The summed E-state index contributed by atoms with van der Waals surface area (Å²) in [5, 5.41) is 3.34. The van der Waals surface area contributed by atoms with E-state index in [1.807, 2.05) is 0 Å². The van der Waals surface area contributed by atoms with Crippen molar-refractivity contribution in [1.82, 2.24) is 5.32 Å². The molecule has 0 aromatic heterocycles. The first-order valence-electron chi connectivity index (χ1n) is 5.29. The third kappa shape index (κ3) is 2.34. The first-order valence-corrected chi connectivity index (χ1v) is 5.29. The molecule has 82 valence electrons. The summed E-state index contributed by atoms with van der Waals surface area (Å²) >= 11 is 0. The highest BCUT2D eigenvalue weighted by Crippen LogP contribution is 2.29. The van der Waals surface area contributed by atoms with Crippen LogP contribution in [-0.2, 0) is 5.92 Å². The number of rotatable bonds is 2. The van der Waals surface area contributed by atoms with Gasteiger partial charge in [0, 0.05) is 18.5 Å². The molecule has 1 heterocycles. The van der Waals surface area contributed by atoms with Gasteiger partial charge >= 0.3 is 0 Å². The molecule has 1 nitrogen and oxygen atoms in total. The Hall–Kier alpha value is -0.960. The molecule has 1 aromatic rings. The van der Waals surface area contributed by atoms with E-state index in [-0.39, 0.29) is 5.56 Å². The van der Waals surface area contributed by atoms with E-state index in [1.165, 1.54) is 12.1 Å². The third-order valence-corrected chi connectivity index (χ3v) is 2.88. The van der Waals surface area contributed by atoms with Crippen LogP contribution in [0, 0.1) is 0 Å². The van der Waals surface area contributed by atoms with E-state index >= 15 is 0 Å². The minimum absolute atomic E-state index is 0.0873. The van der Waals surface area contributed by atoms with Crippen LogP contribution in [0.1, 0.15) is 36.9 Å². The molecule has 1 saturated heterocycles. The summed E-state index contributed by atoms with van der Waals surface area (Å²) in [6.45, 7) is 1.95. The van der Waals surface area contributed by atoms with Gasteiger partial charge in [0.2, 0.25) is 0 Å². The highest BCUT2D eigenvalue weighted by molar-refractivity contribution is 5.27. The second-order valence-corrected chi connectivity index (χ2v) is 4.16. The third-order valence-electron chi connectivity index (χ3n) is 2.88. The Bertz CT molecular complexity index is 320. The molecule has 0 saturated carbocycles. The lowest BCUT2D eigenvalue weighted by molar-refractivity contribution is 0.0174. The number of halogens is 2. The van der Waals surface area contributed by atoms with Crippen molar-refractivity contribution >= 4 is 0 Å². The molecule has 1 fully saturated rings. The molecule has 3 heteroatoms. The van der Waals surface area contributed by atoms with Crippen molar-refractivity contribution in [2.24, 2.45) is 0 Å². The first-order chi connectivity index (χ1) is 7.07. The molecule has 0 bridgehead atoms. The number of benzene rings is 1. The van der Waals surface area contributed by atoms with Gasteiger partial charge in [-0.1, -0.05) is 24.3 Å². The highest BCUT2D eigenvalue weighted by atomic mass is 19.3. The fourth-order valence-corrected chi connectivity index (χ4v) is 1.98. The van der Waals surface area contributed by atoms with E-state index in [2.05, 4.69) is 5.32 Å². The van der Waals surface area contributed by atoms with E-state index in [0.717, 1.165) is 31.9 Å². The minimum atomic E-state index is -2.73. The number of hydrogen-bond donors (Lipinski definition) is 1. The van der Waals surface area contributed by atoms with Gasteiger partial charge in [0.15, 0.2) is 0 Å². The predicted molar refractivity (Wildman–Crippen MR) is 56.0 cm³/mol. The van der Waals surface area contributed by atoms with Crippen LogP contribution in [0.5, 0.6) is 0 Å². The van der Waals surface area contributed by atoms with Crippen molar-refractivity contribution in [3.8, 4) is 0 Å². The maximum atomic E-state index is 12.9. The Labute approximate surface area is 88.5 Å². The Kier molecular flexibility index (Phi) is 2.74. The number of hydrogen-bond acceptors (Lipinski definition) is 1. The zero-order chi connectivity index (χ0) is 10.9. The van der Waals surface area contributed by atoms with E-state index < -0.39 is 5.92 Å². The van der Waals surface area contributed by atoms with Gasteiger partial charge < -0.3 is 5.32 Å².